The van der Waals surface area contributed by atoms with E-state index in [1.54, 1.807) is 35.9 Å². The minimum absolute atomic E-state index is 0.0368. The highest BCUT2D eigenvalue weighted by Crippen LogP contribution is 2.23. The van der Waals surface area contributed by atoms with E-state index in [2.05, 4.69) is 20.9 Å². The van der Waals surface area contributed by atoms with E-state index in [1.807, 2.05) is 18.2 Å². The van der Waals surface area contributed by atoms with Crippen LogP contribution in [0.5, 0.6) is 5.75 Å². The summed E-state index contributed by atoms with van der Waals surface area (Å²) in [6.07, 6.45) is 0. The van der Waals surface area contributed by atoms with Crippen LogP contribution in [-0.4, -0.2) is 30.7 Å². The van der Waals surface area contributed by atoms with E-state index in [-0.39, 0.29) is 6.54 Å². The molecule has 134 valence electrons. The number of benzene rings is 2. The Morgan fingerprint density at radius 1 is 1.19 bits per heavy atom. The molecule has 0 atom stereocenters. The highest BCUT2D eigenvalue weighted by molar-refractivity contribution is 9.10. The van der Waals surface area contributed by atoms with E-state index in [1.165, 1.54) is 18.4 Å². The van der Waals surface area contributed by atoms with Gasteiger partial charge in [-0.2, -0.15) is 4.99 Å². The zero-order valence-corrected chi connectivity index (χ0v) is 16.5. The topological polar surface area (TPSA) is 69.9 Å². The zero-order chi connectivity index (χ0) is 18.7. The summed E-state index contributed by atoms with van der Waals surface area (Å²) in [6, 6.07) is 12.5. The van der Waals surface area contributed by atoms with E-state index >= 15 is 0 Å². The van der Waals surface area contributed by atoms with Crippen LogP contribution < -0.4 is 9.54 Å². The molecule has 2 aromatic carbocycles. The smallest absolute Gasteiger partial charge is 0.325 e. The van der Waals surface area contributed by atoms with Gasteiger partial charge in [-0.25, -0.2) is 0 Å². The summed E-state index contributed by atoms with van der Waals surface area (Å²) >= 11 is 4.67. The van der Waals surface area contributed by atoms with Crippen LogP contribution in [-0.2, 0) is 16.1 Å². The minimum Gasteiger partial charge on any atom is -0.497 e. The molecule has 0 aliphatic heterocycles. The van der Waals surface area contributed by atoms with Crippen LogP contribution >= 0.6 is 27.3 Å². The first-order valence-electron chi connectivity index (χ1n) is 7.61. The van der Waals surface area contributed by atoms with Gasteiger partial charge in [-0.3, -0.25) is 9.59 Å². The number of hydrogen-bond donors (Lipinski definition) is 0. The highest BCUT2D eigenvalue weighted by atomic mass is 79.9. The number of amides is 1. The lowest BCUT2D eigenvalue weighted by Gasteiger charge is -2.04. The second kappa shape index (κ2) is 7.84. The van der Waals surface area contributed by atoms with Crippen LogP contribution in [0.2, 0.25) is 0 Å². The Balaban J connectivity index is 2.16. The standard InChI is InChI=1S/C18H15BrN2O4S/c1-24-11-7-8-14-15(9-11)26-18(21(14)10-16(22)25-2)20-17(23)12-5-3-4-6-13(12)19/h3-9H,10H2,1-2H3. The number of thiazole rings is 1. The fraction of sp³-hybridized carbons (Fsp3) is 0.167. The van der Waals surface area contributed by atoms with Crippen molar-refractivity contribution in [3.8, 4) is 5.75 Å². The van der Waals surface area contributed by atoms with Crippen LogP contribution in [0.1, 0.15) is 10.4 Å². The Hall–Kier alpha value is -2.45. The van der Waals surface area contributed by atoms with Crippen LogP contribution in [0, 0.1) is 0 Å². The number of hydrogen-bond acceptors (Lipinski definition) is 5. The van der Waals surface area contributed by atoms with Crippen molar-refractivity contribution in [3.05, 3.63) is 57.3 Å². The quantitative estimate of drug-likeness (QED) is 0.590. The average molecular weight is 435 g/mol. The summed E-state index contributed by atoms with van der Waals surface area (Å²) in [5.74, 6) is -0.127. The first-order valence-corrected chi connectivity index (χ1v) is 9.22. The third-order valence-corrected chi connectivity index (χ3v) is 5.44. The molecule has 1 amide bonds. The molecule has 0 spiro atoms. The number of aromatic nitrogens is 1. The lowest BCUT2D eigenvalue weighted by Crippen LogP contribution is -2.22. The van der Waals surface area contributed by atoms with Gasteiger partial charge >= 0.3 is 5.97 Å². The van der Waals surface area contributed by atoms with Gasteiger partial charge in [0.25, 0.3) is 5.91 Å². The Bertz CT molecular complexity index is 1050. The molecule has 0 N–H and O–H groups in total. The SMILES string of the molecule is COC(=O)Cn1c(=NC(=O)c2ccccc2Br)sc2cc(OC)ccc21. The molecule has 3 aromatic rings. The van der Waals surface area contributed by atoms with Gasteiger partial charge in [0.15, 0.2) is 4.80 Å². The Labute approximate surface area is 161 Å². The molecule has 6 nitrogen and oxygen atoms in total. The molecule has 1 heterocycles. The van der Waals surface area contributed by atoms with Gasteiger partial charge < -0.3 is 14.0 Å². The lowest BCUT2D eigenvalue weighted by molar-refractivity contribution is -0.141. The first-order chi connectivity index (χ1) is 12.5. The summed E-state index contributed by atoms with van der Waals surface area (Å²) < 4.78 is 13.2. The van der Waals surface area contributed by atoms with Gasteiger partial charge in [0.1, 0.15) is 12.3 Å². The van der Waals surface area contributed by atoms with Crippen molar-refractivity contribution in [2.45, 2.75) is 6.54 Å². The summed E-state index contributed by atoms with van der Waals surface area (Å²) in [4.78, 5) is 29.1. The average Bonchev–Trinajstić information content (AvgIpc) is 2.97. The number of fused-ring (bicyclic) bond motifs is 1. The fourth-order valence-corrected chi connectivity index (χ4v) is 3.90. The van der Waals surface area contributed by atoms with Gasteiger partial charge in [0, 0.05) is 4.47 Å². The second-order valence-electron chi connectivity index (χ2n) is 5.28. The van der Waals surface area contributed by atoms with Crippen molar-refractivity contribution in [3.63, 3.8) is 0 Å². The van der Waals surface area contributed by atoms with Crippen molar-refractivity contribution in [1.82, 2.24) is 4.57 Å². The maximum absolute atomic E-state index is 12.6. The van der Waals surface area contributed by atoms with Crippen molar-refractivity contribution in [2.75, 3.05) is 14.2 Å². The lowest BCUT2D eigenvalue weighted by atomic mass is 10.2. The molecular formula is C18H15BrN2O4S. The zero-order valence-electron chi connectivity index (χ0n) is 14.1. The van der Waals surface area contributed by atoms with E-state index in [0.29, 0.717) is 20.6 Å². The molecule has 3 rings (SSSR count). The van der Waals surface area contributed by atoms with Crippen LogP contribution in [0.4, 0.5) is 0 Å². The summed E-state index contributed by atoms with van der Waals surface area (Å²) in [5, 5.41) is 0. The molecule has 0 radical (unpaired) electrons. The molecule has 0 aliphatic carbocycles. The summed E-state index contributed by atoms with van der Waals surface area (Å²) in [7, 11) is 2.91. The molecule has 0 saturated heterocycles. The van der Waals surface area contributed by atoms with Crippen molar-refractivity contribution >= 4 is 49.4 Å². The van der Waals surface area contributed by atoms with E-state index in [9.17, 15) is 9.59 Å². The molecular weight excluding hydrogens is 420 g/mol. The van der Waals surface area contributed by atoms with E-state index in [4.69, 9.17) is 9.47 Å². The normalized spacial score (nSPS) is 11.6. The molecule has 0 fully saturated rings. The molecule has 0 saturated carbocycles. The minimum atomic E-state index is -0.421. The second-order valence-corrected chi connectivity index (χ2v) is 7.14. The monoisotopic (exact) mass is 434 g/mol. The third-order valence-electron chi connectivity index (χ3n) is 3.71. The number of carbonyl (C=O) groups excluding carboxylic acids is 2. The molecule has 0 aliphatic rings. The number of ether oxygens (including phenoxy) is 2. The maximum atomic E-state index is 12.6. The van der Waals surface area contributed by atoms with Crippen molar-refractivity contribution in [1.29, 1.82) is 0 Å². The number of methoxy groups -OCH3 is 2. The Morgan fingerprint density at radius 3 is 2.65 bits per heavy atom. The van der Waals surface area contributed by atoms with Crippen molar-refractivity contribution in [2.24, 2.45) is 4.99 Å². The van der Waals surface area contributed by atoms with E-state index in [0.717, 1.165) is 10.2 Å². The summed E-state index contributed by atoms with van der Waals surface area (Å²) in [6.45, 7) is -0.0368. The summed E-state index contributed by atoms with van der Waals surface area (Å²) in [5.41, 5.74) is 1.23. The van der Waals surface area contributed by atoms with Gasteiger partial charge in [0.05, 0.1) is 30.0 Å². The largest absolute Gasteiger partial charge is 0.497 e. The first kappa shape index (κ1) is 18.3. The molecule has 0 unspecified atom stereocenters. The number of nitrogens with zero attached hydrogens (tertiary/aromatic N) is 2. The van der Waals surface area contributed by atoms with Gasteiger partial charge in [-0.1, -0.05) is 23.5 Å². The van der Waals surface area contributed by atoms with Crippen LogP contribution in [0.15, 0.2) is 51.9 Å². The van der Waals surface area contributed by atoms with Gasteiger partial charge in [0.2, 0.25) is 0 Å². The number of carbonyl (C=O) groups is 2. The predicted octanol–water partition coefficient (Wildman–Crippen LogP) is 3.39. The maximum Gasteiger partial charge on any atom is 0.325 e. The Morgan fingerprint density at radius 2 is 1.96 bits per heavy atom. The highest BCUT2D eigenvalue weighted by Gasteiger charge is 2.14. The molecule has 8 heteroatoms. The molecule has 0 bridgehead atoms. The number of rotatable bonds is 4. The van der Waals surface area contributed by atoms with Crippen molar-refractivity contribution < 1.29 is 19.1 Å². The van der Waals surface area contributed by atoms with Gasteiger partial charge in [-0.05, 0) is 46.3 Å². The fourth-order valence-electron chi connectivity index (χ4n) is 2.39. The number of halogens is 1. The third kappa shape index (κ3) is 3.71. The van der Waals surface area contributed by atoms with E-state index < -0.39 is 11.9 Å². The predicted molar refractivity (Wildman–Crippen MR) is 102 cm³/mol. The van der Waals surface area contributed by atoms with Crippen LogP contribution in [0.3, 0.4) is 0 Å². The van der Waals surface area contributed by atoms with Crippen LogP contribution in [0.25, 0.3) is 10.2 Å². The Kier molecular flexibility index (Phi) is 5.53. The number of esters is 1. The van der Waals surface area contributed by atoms with Gasteiger partial charge in [-0.15, -0.1) is 0 Å². The molecule has 26 heavy (non-hydrogen) atoms. The molecule has 1 aromatic heterocycles.